The number of nitrogens with zero attached hydrogens (tertiary/aromatic N) is 3. The van der Waals surface area contributed by atoms with Crippen LogP contribution >= 0.6 is 0 Å². The second-order valence-corrected chi connectivity index (χ2v) is 10.6. The van der Waals surface area contributed by atoms with Gasteiger partial charge in [0.05, 0.1) is 11.0 Å². The first kappa shape index (κ1) is 25.9. The zero-order valence-electron chi connectivity index (χ0n) is 22.6. The van der Waals surface area contributed by atoms with Gasteiger partial charge < -0.3 is 20.3 Å². The van der Waals surface area contributed by atoms with Gasteiger partial charge >= 0.3 is 0 Å². The highest BCUT2D eigenvalue weighted by Crippen LogP contribution is 2.36. The third-order valence-electron chi connectivity index (χ3n) is 7.95. The molecule has 3 N–H and O–H groups in total. The van der Waals surface area contributed by atoms with Gasteiger partial charge in [0.2, 0.25) is 0 Å². The van der Waals surface area contributed by atoms with Gasteiger partial charge in [0, 0.05) is 41.6 Å². The summed E-state index contributed by atoms with van der Waals surface area (Å²) in [7, 11) is 0. The van der Waals surface area contributed by atoms with Crippen LogP contribution in [0.5, 0.6) is 0 Å². The number of aryl methyl sites for hydroxylation is 1. The Balaban J connectivity index is 0.000000204. The first-order valence-electron chi connectivity index (χ1n) is 14.1. The molecule has 5 nitrogen and oxygen atoms in total. The normalized spacial score (nSPS) is 15.9. The molecule has 0 bridgehead atoms. The van der Waals surface area contributed by atoms with Crippen LogP contribution < -0.4 is 10.6 Å². The van der Waals surface area contributed by atoms with E-state index in [1.54, 1.807) is 0 Å². The molecule has 2 aliphatic rings. The van der Waals surface area contributed by atoms with Crippen LogP contribution in [0.25, 0.3) is 28.2 Å². The Morgan fingerprint density at radius 1 is 0.921 bits per heavy atom. The lowest BCUT2D eigenvalue weighted by molar-refractivity contribution is 0.362. The van der Waals surface area contributed by atoms with E-state index in [0.29, 0.717) is 6.04 Å². The Hall–Kier alpha value is -3.73. The summed E-state index contributed by atoms with van der Waals surface area (Å²) in [5.74, 6) is 1.13. The van der Waals surface area contributed by atoms with E-state index >= 15 is 0 Å². The maximum Gasteiger partial charge on any atom is 0.141 e. The minimum Gasteiger partial charge on any atom is -0.508 e. The maximum absolute atomic E-state index is 9.75. The topological polar surface area (TPSA) is 67.3 Å². The maximum atomic E-state index is 9.75. The number of rotatable bonds is 5. The molecule has 1 saturated carbocycles. The van der Waals surface area contributed by atoms with Crippen molar-refractivity contribution in [3.8, 4) is 11.4 Å². The molecular formula is C33H40N4O. The molecule has 3 aromatic carbocycles. The van der Waals surface area contributed by atoms with Crippen LogP contribution in [0, 0.1) is 0 Å². The van der Waals surface area contributed by atoms with E-state index < -0.39 is 0 Å². The van der Waals surface area contributed by atoms with Crippen LogP contribution in [0.4, 0.5) is 11.4 Å². The highest BCUT2D eigenvalue weighted by Gasteiger charge is 2.22. The number of aliphatic hydroxyl groups is 1. The number of imidazole rings is 1. The first-order chi connectivity index (χ1) is 18.5. The number of aromatic nitrogens is 2. The SMILES string of the molecule is C=C(O)c1ccc2c(c1)nc(-c1ccc(CC)cc1)n2C1CCCCC1.Nc1ccc(N2CCCC2)cc1. The summed E-state index contributed by atoms with van der Waals surface area (Å²) in [5.41, 5.74) is 13.1. The number of fused-ring (bicyclic) bond motifs is 1. The van der Waals surface area contributed by atoms with E-state index in [1.807, 2.05) is 24.3 Å². The van der Waals surface area contributed by atoms with Gasteiger partial charge in [-0.25, -0.2) is 4.98 Å². The van der Waals surface area contributed by atoms with Crippen LogP contribution in [0.2, 0.25) is 0 Å². The third-order valence-corrected chi connectivity index (χ3v) is 7.95. The molecule has 38 heavy (non-hydrogen) atoms. The van der Waals surface area contributed by atoms with Crippen molar-refractivity contribution in [2.45, 2.75) is 64.3 Å². The number of anilines is 2. The smallest absolute Gasteiger partial charge is 0.141 e. The lowest BCUT2D eigenvalue weighted by Gasteiger charge is -2.25. The van der Waals surface area contributed by atoms with Crippen molar-refractivity contribution in [2.75, 3.05) is 23.7 Å². The van der Waals surface area contributed by atoms with Gasteiger partial charge in [-0.2, -0.15) is 0 Å². The molecule has 1 aliphatic heterocycles. The van der Waals surface area contributed by atoms with Crippen molar-refractivity contribution in [2.24, 2.45) is 0 Å². The summed E-state index contributed by atoms with van der Waals surface area (Å²) >= 11 is 0. The molecule has 2 heterocycles. The number of nitrogens with two attached hydrogens (primary N) is 1. The fraction of sp³-hybridized carbons (Fsp3) is 0.364. The number of hydrogen-bond donors (Lipinski definition) is 2. The van der Waals surface area contributed by atoms with Gasteiger partial charge in [-0.15, -0.1) is 0 Å². The minimum absolute atomic E-state index is 0.0907. The molecular weight excluding hydrogens is 468 g/mol. The molecule has 0 radical (unpaired) electrons. The van der Waals surface area contributed by atoms with Crippen LogP contribution in [0.3, 0.4) is 0 Å². The Morgan fingerprint density at radius 3 is 2.24 bits per heavy atom. The molecule has 1 saturated heterocycles. The van der Waals surface area contributed by atoms with Crippen LogP contribution in [-0.4, -0.2) is 27.7 Å². The third kappa shape index (κ3) is 5.72. The monoisotopic (exact) mass is 508 g/mol. The lowest BCUT2D eigenvalue weighted by atomic mass is 9.94. The Bertz CT molecular complexity index is 1360. The van der Waals surface area contributed by atoms with Crippen molar-refractivity contribution in [1.82, 2.24) is 9.55 Å². The van der Waals surface area contributed by atoms with E-state index in [0.717, 1.165) is 40.1 Å². The number of benzene rings is 3. The fourth-order valence-electron chi connectivity index (χ4n) is 5.74. The standard InChI is InChI=1S/C23H26N2O.C10H14N2/c1-3-17-9-11-18(12-10-17)23-24-21-15-19(16(2)26)13-14-22(21)25(23)20-7-5-4-6-8-20;11-9-3-5-10(6-4-9)12-7-1-2-8-12/h9-15,20,26H,2-8H2,1H3;3-6H,1-2,7-8,11H2. The highest BCUT2D eigenvalue weighted by molar-refractivity contribution is 5.83. The van der Waals surface area contributed by atoms with Crippen molar-refractivity contribution in [3.63, 3.8) is 0 Å². The van der Waals surface area contributed by atoms with Crippen molar-refractivity contribution < 1.29 is 5.11 Å². The van der Waals surface area contributed by atoms with E-state index in [1.165, 1.54) is 69.3 Å². The second kappa shape index (κ2) is 11.8. The molecule has 5 heteroatoms. The molecule has 2 fully saturated rings. The van der Waals surface area contributed by atoms with Gasteiger partial charge in [-0.05, 0) is 80.1 Å². The highest BCUT2D eigenvalue weighted by atomic mass is 16.3. The summed E-state index contributed by atoms with van der Waals surface area (Å²) in [5, 5.41) is 9.75. The van der Waals surface area contributed by atoms with Gasteiger partial charge in [0.1, 0.15) is 11.6 Å². The molecule has 0 atom stereocenters. The molecule has 1 aliphatic carbocycles. The van der Waals surface area contributed by atoms with Gasteiger partial charge in [-0.1, -0.05) is 57.0 Å². The zero-order valence-corrected chi connectivity index (χ0v) is 22.6. The molecule has 4 aromatic rings. The second-order valence-electron chi connectivity index (χ2n) is 10.6. The molecule has 0 spiro atoms. The van der Waals surface area contributed by atoms with Crippen molar-refractivity contribution in [1.29, 1.82) is 0 Å². The van der Waals surface area contributed by atoms with Crippen molar-refractivity contribution in [3.05, 3.63) is 84.4 Å². The molecule has 0 unspecified atom stereocenters. The number of nitrogen functional groups attached to an aromatic ring is 1. The van der Waals surface area contributed by atoms with Gasteiger partial charge in [-0.3, -0.25) is 0 Å². The van der Waals surface area contributed by atoms with Gasteiger partial charge in [0.25, 0.3) is 0 Å². The summed E-state index contributed by atoms with van der Waals surface area (Å²) in [6, 6.07) is 23.4. The van der Waals surface area contributed by atoms with E-state index in [2.05, 4.69) is 65.4 Å². The summed E-state index contributed by atoms with van der Waals surface area (Å²) < 4.78 is 2.43. The zero-order chi connectivity index (χ0) is 26.5. The summed E-state index contributed by atoms with van der Waals surface area (Å²) in [6.07, 6.45) is 10.0. The average Bonchev–Trinajstić information content (AvgIpc) is 3.63. The van der Waals surface area contributed by atoms with E-state index in [4.69, 9.17) is 10.7 Å². The fourth-order valence-corrected chi connectivity index (χ4v) is 5.74. The predicted octanol–water partition coefficient (Wildman–Crippen LogP) is 8.17. The quantitative estimate of drug-likeness (QED) is 0.211. The average molecular weight is 509 g/mol. The van der Waals surface area contributed by atoms with Crippen molar-refractivity contribution >= 4 is 28.2 Å². The molecule has 1 aromatic heterocycles. The Labute approximate surface area is 226 Å². The minimum atomic E-state index is 0.0907. The first-order valence-corrected chi connectivity index (χ1v) is 14.1. The lowest BCUT2D eigenvalue weighted by Crippen LogP contribution is -2.17. The molecule has 0 amide bonds. The van der Waals surface area contributed by atoms with Crippen LogP contribution in [0.15, 0.2) is 73.3 Å². The van der Waals surface area contributed by atoms with Gasteiger partial charge in [0.15, 0.2) is 0 Å². The Morgan fingerprint density at radius 2 is 1.61 bits per heavy atom. The summed E-state index contributed by atoms with van der Waals surface area (Å²) in [6.45, 7) is 8.22. The largest absolute Gasteiger partial charge is 0.508 e. The van der Waals surface area contributed by atoms with Crippen LogP contribution in [-0.2, 0) is 6.42 Å². The van der Waals surface area contributed by atoms with E-state index in [-0.39, 0.29) is 5.76 Å². The number of hydrogen-bond acceptors (Lipinski definition) is 4. The summed E-state index contributed by atoms with van der Waals surface area (Å²) in [4.78, 5) is 7.37. The van der Waals surface area contributed by atoms with E-state index in [9.17, 15) is 5.11 Å². The molecule has 198 valence electrons. The van der Waals surface area contributed by atoms with Crippen LogP contribution in [0.1, 0.15) is 69.0 Å². The number of aliphatic hydroxyl groups excluding tert-OH is 1. The predicted molar refractivity (Wildman–Crippen MR) is 161 cm³/mol. The Kier molecular flexibility index (Phi) is 8.02. The molecule has 6 rings (SSSR count).